The van der Waals surface area contributed by atoms with Crippen LogP contribution in [0.3, 0.4) is 0 Å². The first kappa shape index (κ1) is 22.0. The molecular formula is C21H26BClFN5O2. The minimum absolute atomic E-state index is 0.0783. The maximum Gasteiger partial charge on any atom is 0.376 e. The Hall–Kier alpha value is -2.23. The zero-order chi connectivity index (χ0) is 22.3. The van der Waals surface area contributed by atoms with Gasteiger partial charge in [-0.25, -0.2) is 14.2 Å². The zero-order valence-electron chi connectivity index (χ0n) is 17.9. The third kappa shape index (κ3) is 4.14. The number of hydrogen-bond acceptors (Lipinski definition) is 5. The van der Waals surface area contributed by atoms with Gasteiger partial charge in [0.1, 0.15) is 11.6 Å². The lowest BCUT2D eigenvalue weighted by atomic mass is 9.79. The molecule has 0 unspecified atom stereocenters. The van der Waals surface area contributed by atoms with Gasteiger partial charge in [0.05, 0.1) is 12.2 Å². The van der Waals surface area contributed by atoms with Crippen molar-refractivity contribution in [2.24, 2.45) is 0 Å². The molecule has 0 bridgehead atoms. The summed E-state index contributed by atoms with van der Waals surface area (Å²) in [6.07, 6.45) is 4.78. The van der Waals surface area contributed by atoms with Gasteiger partial charge >= 0.3 is 13.1 Å². The van der Waals surface area contributed by atoms with Gasteiger partial charge in [-0.1, -0.05) is 12.1 Å². The number of halogens is 2. The van der Waals surface area contributed by atoms with E-state index in [0.29, 0.717) is 11.4 Å². The Morgan fingerprint density at radius 3 is 2.65 bits per heavy atom. The molecule has 0 spiro atoms. The summed E-state index contributed by atoms with van der Waals surface area (Å²) < 4.78 is 14.7. The van der Waals surface area contributed by atoms with E-state index in [0.717, 1.165) is 31.2 Å². The van der Waals surface area contributed by atoms with Gasteiger partial charge < -0.3 is 9.83 Å². The summed E-state index contributed by atoms with van der Waals surface area (Å²) in [5, 5.41) is 9.97. The van der Waals surface area contributed by atoms with Crippen LogP contribution in [-0.4, -0.2) is 52.0 Å². The number of anilines is 2. The van der Waals surface area contributed by atoms with Gasteiger partial charge in [-0.05, 0) is 69.7 Å². The molecule has 0 atom stereocenters. The van der Waals surface area contributed by atoms with Crippen LogP contribution in [-0.2, 0) is 6.54 Å². The average molecular weight is 446 g/mol. The number of amides is 2. The molecule has 2 aliphatic rings. The quantitative estimate of drug-likeness (QED) is 0.571. The van der Waals surface area contributed by atoms with E-state index in [9.17, 15) is 14.2 Å². The second-order valence-corrected chi connectivity index (χ2v) is 8.73. The molecule has 1 aliphatic carbocycles. The summed E-state index contributed by atoms with van der Waals surface area (Å²) in [5.74, 6) is 0.0662. The van der Waals surface area contributed by atoms with Crippen molar-refractivity contribution >= 4 is 36.2 Å². The van der Waals surface area contributed by atoms with Crippen molar-refractivity contribution < 1.29 is 14.2 Å². The van der Waals surface area contributed by atoms with Gasteiger partial charge in [0.2, 0.25) is 5.28 Å². The molecule has 2 amide bonds. The molecule has 1 fully saturated rings. The molecule has 2 aromatic rings. The Bertz CT molecular complexity index is 966. The second-order valence-electron chi connectivity index (χ2n) is 8.39. The minimum atomic E-state index is -0.523. The van der Waals surface area contributed by atoms with Crippen molar-refractivity contribution in [2.75, 3.05) is 16.8 Å². The van der Waals surface area contributed by atoms with Gasteiger partial charge in [0, 0.05) is 23.8 Å². The molecule has 4 rings (SSSR count). The van der Waals surface area contributed by atoms with Gasteiger partial charge in [-0.2, -0.15) is 4.98 Å². The highest BCUT2D eigenvalue weighted by molar-refractivity contribution is 6.45. The van der Waals surface area contributed by atoms with E-state index in [2.05, 4.69) is 9.97 Å². The number of aryl methyl sites for hydroxylation is 1. The van der Waals surface area contributed by atoms with Crippen LogP contribution in [0.1, 0.15) is 36.8 Å². The molecule has 164 valence electrons. The Morgan fingerprint density at radius 2 is 2.00 bits per heavy atom. The molecular weight excluding hydrogens is 420 g/mol. The topological polar surface area (TPSA) is 72.8 Å². The Balaban J connectivity index is 1.68. The van der Waals surface area contributed by atoms with E-state index in [1.165, 1.54) is 11.0 Å². The SMILES string of the molecule is CB(O)N(C)C1CCC(N2C(=O)N(c3c(C)cccc3F)Cc3cnc(Cl)nc32)CC1. The molecule has 1 aromatic heterocycles. The largest absolute Gasteiger partial charge is 0.437 e. The number of urea groups is 1. The van der Waals surface area contributed by atoms with Crippen molar-refractivity contribution in [2.45, 2.75) is 58.1 Å². The third-order valence-electron chi connectivity index (χ3n) is 6.46. The lowest BCUT2D eigenvalue weighted by Gasteiger charge is -2.44. The van der Waals surface area contributed by atoms with Gasteiger partial charge in [-0.15, -0.1) is 0 Å². The van der Waals surface area contributed by atoms with Gasteiger partial charge in [0.15, 0.2) is 0 Å². The molecule has 2 heterocycles. The standard InChI is InChI=1S/C21H26BClFN5O2/c1-13-5-4-6-17(24)18(13)28-12-14-11-25-20(23)26-19(14)29(21(28)30)16-9-7-15(8-10-16)27(3)22(2)31/h4-6,11,15-16,31H,7-10,12H2,1-3H3. The number of carbonyl (C=O) groups excluding carboxylic acids is 1. The van der Waals surface area contributed by atoms with Crippen LogP contribution in [0.5, 0.6) is 0 Å². The highest BCUT2D eigenvalue weighted by atomic mass is 35.5. The van der Waals surface area contributed by atoms with Crippen LogP contribution in [0.15, 0.2) is 24.4 Å². The lowest BCUT2D eigenvalue weighted by molar-refractivity contribution is 0.227. The van der Waals surface area contributed by atoms with Crippen molar-refractivity contribution in [1.82, 2.24) is 14.8 Å². The van der Waals surface area contributed by atoms with E-state index < -0.39 is 12.9 Å². The van der Waals surface area contributed by atoms with Crippen LogP contribution < -0.4 is 9.80 Å². The maximum absolute atomic E-state index is 14.7. The number of hydrogen-bond donors (Lipinski definition) is 1. The second kappa shape index (κ2) is 8.72. The molecule has 0 saturated heterocycles. The van der Waals surface area contributed by atoms with Gasteiger partial charge in [0.25, 0.3) is 0 Å². The number of benzene rings is 1. The summed E-state index contributed by atoms with van der Waals surface area (Å²) in [6.45, 7) is 3.73. The predicted molar refractivity (Wildman–Crippen MR) is 120 cm³/mol. The highest BCUT2D eigenvalue weighted by Gasteiger charge is 2.40. The van der Waals surface area contributed by atoms with Crippen molar-refractivity contribution in [1.29, 1.82) is 0 Å². The summed E-state index contributed by atoms with van der Waals surface area (Å²) >= 11 is 6.06. The normalized spacial score (nSPS) is 21.5. The molecule has 1 saturated carbocycles. The molecule has 1 aromatic carbocycles. The molecule has 31 heavy (non-hydrogen) atoms. The fourth-order valence-electron chi connectivity index (χ4n) is 4.65. The maximum atomic E-state index is 14.7. The Labute approximate surface area is 187 Å². The van der Waals surface area contributed by atoms with E-state index in [4.69, 9.17) is 11.6 Å². The van der Waals surface area contributed by atoms with Crippen molar-refractivity contribution in [3.63, 3.8) is 0 Å². The summed E-state index contributed by atoms with van der Waals surface area (Å²) in [5.41, 5.74) is 1.70. The molecule has 1 N–H and O–H groups in total. The lowest BCUT2D eigenvalue weighted by Crippen LogP contribution is -2.55. The summed E-state index contributed by atoms with van der Waals surface area (Å²) in [4.78, 5) is 27.2. The molecule has 1 aliphatic heterocycles. The fraction of sp³-hybridized carbons (Fsp3) is 0.476. The minimum Gasteiger partial charge on any atom is -0.437 e. The highest BCUT2D eigenvalue weighted by Crippen LogP contribution is 2.38. The smallest absolute Gasteiger partial charge is 0.376 e. The summed E-state index contributed by atoms with van der Waals surface area (Å²) in [6, 6.07) is 4.64. The van der Waals surface area contributed by atoms with Crippen LogP contribution in [0.25, 0.3) is 0 Å². The van der Waals surface area contributed by atoms with E-state index >= 15 is 0 Å². The van der Waals surface area contributed by atoms with E-state index in [1.54, 1.807) is 37.0 Å². The fourth-order valence-corrected chi connectivity index (χ4v) is 4.78. The molecule has 7 nitrogen and oxygen atoms in total. The van der Waals surface area contributed by atoms with Crippen molar-refractivity contribution in [3.05, 3.63) is 46.6 Å². The number of fused-ring (bicyclic) bond motifs is 1. The Morgan fingerprint density at radius 1 is 1.29 bits per heavy atom. The molecule has 10 heteroatoms. The van der Waals surface area contributed by atoms with E-state index in [-0.39, 0.29) is 35.6 Å². The first-order valence-electron chi connectivity index (χ1n) is 10.5. The van der Waals surface area contributed by atoms with E-state index in [1.807, 2.05) is 11.9 Å². The number of carbonyl (C=O) groups is 1. The van der Waals surface area contributed by atoms with Crippen LogP contribution in [0, 0.1) is 12.7 Å². The number of para-hydroxylation sites is 1. The first-order chi connectivity index (χ1) is 14.8. The zero-order valence-corrected chi connectivity index (χ0v) is 18.7. The van der Waals surface area contributed by atoms with Crippen LogP contribution in [0.2, 0.25) is 12.1 Å². The number of rotatable bonds is 4. The molecule has 0 radical (unpaired) electrons. The number of aromatic nitrogens is 2. The first-order valence-corrected chi connectivity index (χ1v) is 10.9. The monoisotopic (exact) mass is 445 g/mol. The average Bonchev–Trinajstić information content (AvgIpc) is 2.74. The van der Waals surface area contributed by atoms with Crippen molar-refractivity contribution in [3.8, 4) is 0 Å². The van der Waals surface area contributed by atoms with Crippen LogP contribution in [0.4, 0.5) is 20.7 Å². The summed E-state index contributed by atoms with van der Waals surface area (Å²) in [7, 11) is 1.39. The van der Waals surface area contributed by atoms with Crippen LogP contribution >= 0.6 is 11.6 Å². The Kier molecular flexibility index (Phi) is 6.19. The number of nitrogens with zero attached hydrogens (tertiary/aromatic N) is 5. The van der Waals surface area contributed by atoms with Gasteiger partial charge in [-0.3, -0.25) is 9.80 Å². The predicted octanol–water partition coefficient (Wildman–Crippen LogP) is 3.88. The third-order valence-corrected chi connectivity index (χ3v) is 6.64.